The maximum atomic E-state index is 6.02. The van der Waals surface area contributed by atoms with Gasteiger partial charge in [-0.25, -0.2) is 14.9 Å². The fraction of sp³-hybridized carbons (Fsp3) is 0.818. The number of nitrogens with zero attached hydrogens (tertiary/aromatic N) is 6. The molecule has 3 heterocycles. The van der Waals surface area contributed by atoms with Gasteiger partial charge in [0.1, 0.15) is 18.9 Å². The third kappa shape index (κ3) is 6.15. The first kappa shape index (κ1) is 26.6. The number of hydrogen-bond donors (Lipinski definition) is 0. The lowest BCUT2D eigenvalue weighted by atomic mass is 9.88. The van der Waals surface area contributed by atoms with Crippen molar-refractivity contribution < 1.29 is 22.8 Å². The van der Waals surface area contributed by atoms with Gasteiger partial charge >= 0.3 is 8.80 Å². The molecule has 2 aliphatic heterocycles. The average molecular weight is 497 g/mol. The monoisotopic (exact) mass is 496 g/mol. The minimum absolute atomic E-state index is 0.0106. The molecule has 192 valence electrons. The zero-order valence-corrected chi connectivity index (χ0v) is 23.0. The predicted octanol–water partition coefficient (Wildman–Crippen LogP) is 2.56. The highest BCUT2D eigenvalue weighted by molar-refractivity contribution is 6.60. The summed E-state index contributed by atoms with van der Waals surface area (Å²) in [6.07, 6.45) is 1.89. The molecule has 12 heteroatoms. The quantitative estimate of drug-likeness (QED) is 0.506. The lowest BCUT2D eigenvalue weighted by Crippen LogP contribution is -2.43. The molecule has 0 spiro atoms. The topological polar surface area (TPSA) is 105 Å². The van der Waals surface area contributed by atoms with Crippen molar-refractivity contribution in [2.45, 2.75) is 72.8 Å². The van der Waals surface area contributed by atoms with Gasteiger partial charge in [-0.1, -0.05) is 46.8 Å². The summed E-state index contributed by atoms with van der Waals surface area (Å²) in [7, 11) is 2.11. The normalized spacial score (nSPS) is 21.2. The molecule has 3 rings (SSSR count). The van der Waals surface area contributed by atoms with Gasteiger partial charge in [0, 0.05) is 33.9 Å². The molecule has 0 radical (unpaired) electrons. The Morgan fingerprint density at radius 2 is 1.44 bits per heavy atom. The molecule has 11 nitrogen and oxygen atoms in total. The van der Waals surface area contributed by atoms with E-state index < -0.39 is 8.80 Å². The van der Waals surface area contributed by atoms with Crippen molar-refractivity contribution in [3.8, 4) is 0 Å². The highest BCUT2D eigenvalue weighted by Crippen LogP contribution is 2.30. The van der Waals surface area contributed by atoms with Gasteiger partial charge in [0.15, 0.2) is 0 Å². The van der Waals surface area contributed by atoms with Crippen molar-refractivity contribution in [1.29, 1.82) is 0 Å². The van der Waals surface area contributed by atoms with Gasteiger partial charge in [0.2, 0.25) is 0 Å². The van der Waals surface area contributed by atoms with E-state index in [1.807, 2.05) is 11.1 Å². The van der Waals surface area contributed by atoms with E-state index in [2.05, 4.69) is 51.9 Å². The first-order valence-electron chi connectivity index (χ1n) is 11.6. The molecule has 0 bridgehead atoms. The van der Waals surface area contributed by atoms with E-state index in [0.29, 0.717) is 44.4 Å². The number of hydrogen-bond acceptors (Lipinski definition) is 10. The van der Waals surface area contributed by atoms with E-state index in [1.54, 1.807) is 26.0 Å². The predicted molar refractivity (Wildman–Crippen MR) is 130 cm³/mol. The Morgan fingerprint density at radius 3 is 1.85 bits per heavy atom. The Hall–Kier alpha value is -2.02. The first-order valence-corrected chi connectivity index (χ1v) is 13.6. The molecule has 0 fully saturated rings. The van der Waals surface area contributed by atoms with E-state index in [1.165, 1.54) is 0 Å². The van der Waals surface area contributed by atoms with E-state index in [4.69, 9.17) is 32.7 Å². The van der Waals surface area contributed by atoms with Crippen LogP contribution in [0.2, 0.25) is 6.04 Å². The second-order valence-electron chi connectivity index (χ2n) is 10.8. The van der Waals surface area contributed by atoms with Gasteiger partial charge in [-0.3, -0.25) is 4.68 Å². The zero-order valence-electron chi connectivity index (χ0n) is 22.0. The molecule has 0 aromatic carbocycles. The van der Waals surface area contributed by atoms with Crippen LogP contribution in [-0.2, 0) is 35.8 Å². The maximum absolute atomic E-state index is 6.02. The Kier molecular flexibility index (Phi) is 8.05. The molecule has 1 aromatic rings. The van der Waals surface area contributed by atoms with Crippen molar-refractivity contribution in [3.05, 3.63) is 11.9 Å². The third-order valence-electron chi connectivity index (χ3n) is 6.22. The molecule has 2 aliphatic rings. The van der Waals surface area contributed by atoms with E-state index >= 15 is 0 Å². The van der Waals surface area contributed by atoms with E-state index in [-0.39, 0.29) is 22.9 Å². The van der Waals surface area contributed by atoms with Gasteiger partial charge < -0.3 is 22.8 Å². The number of aryl methyl sites for hydroxylation is 1. The van der Waals surface area contributed by atoms with Crippen molar-refractivity contribution in [3.63, 3.8) is 0 Å². The molecule has 1 aromatic heterocycles. The van der Waals surface area contributed by atoms with Gasteiger partial charge in [-0.15, -0.1) is 5.10 Å². The Bertz CT molecular complexity index is 839. The van der Waals surface area contributed by atoms with Crippen LogP contribution in [-0.4, -0.2) is 87.4 Å². The number of amidine groups is 2. The summed E-state index contributed by atoms with van der Waals surface area (Å²) in [5.74, 6) is 0. The molecule has 0 unspecified atom stereocenters. The minimum atomic E-state index is -2.69. The van der Waals surface area contributed by atoms with Crippen molar-refractivity contribution >= 4 is 20.8 Å². The van der Waals surface area contributed by atoms with Crippen LogP contribution < -0.4 is 0 Å². The molecule has 2 atom stereocenters. The number of aliphatic imine (C=N–C) groups is 2. The Morgan fingerprint density at radius 1 is 0.941 bits per heavy atom. The number of ether oxygens (including phenoxy) is 2. The van der Waals surface area contributed by atoms with Gasteiger partial charge in [0.05, 0.1) is 24.8 Å². The highest BCUT2D eigenvalue weighted by Gasteiger charge is 2.39. The largest absolute Gasteiger partial charge is 0.502 e. The third-order valence-corrected chi connectivity index (χ3v) is 8.92. The van der Waals surface area contributed by atoms with Crippen molar-refractivity contribution in [2.24, 2.45) is 20.8 Å². The summed E-state index contributed by atoms with van der Waals surface area (Å²) in [4.78, 5) is 11.6. The molecule has 34 heavy (non-hydrogen) atoms. The number of rotatable bonds is 8. The molecule has 0 saturated carbocycles. The molecular weight excluding hydrogens is 456 g/mol. The molecular formula is C22H40N6O5Si. The summed E-state index contributed by atoms with van der Waals surface area (Å²) < 4.78 is 30.3. The fourth-order valence-electron chi connectivity index (χ4n) is 3.61. The summed E-state index contributed by atoms with van der Waals surface area (Å²) in [6.45, 7) is 14.9. The van der Waals surface area contributed by atoms with Crippen LogP contribution in [0.5, 0.6) is 0 Å². The smallest absolute Gasteiger partial charge is 0.463 e. The second kappa shape index (κ2) is 10.3. The van der Waals surface area contributed by atoms with Crippen LogP contribution in [0.15, 0.2) is 16.2 Å². The van der Waals surface area contributed by atoms with Crippen LogP contribution >= 0.6 is 0 Å². The maximum Gasteiger partial charge on any atom is 0.502 e. The van der Waals surface area contributed by atoms with Gasteiger partial charge in [0.25, 0.3) is 12.0 Å². The van der Waals surface area contributed by atoms with Gasteiger partial charge in [-0.05, 0) is 10.8 Å². The minimum Gasteiger partial charge on any atom is -0.463 e. The Balaban J connectivity index is 1.80. The van der Waals surface area contributed by atoms with Gasteiger partial charge in [-0.2, -0.15) is 0 Å². The summed E-state index contributed by atoms with van der Waals surface area (Å²) in [5, 5.41) is 8.63. The van der Waals surface area contributed by atoms with Crippen LogP contribution in [0, 0.1) is 10.8 Å². The van der Waals surface area contributed by atoms with Crippen LogP contribution in [0.1, 0.15) is 47.2 Å². The Labute approximate surface area is 203 Å². The molecule has 0 aliphatic carbocycles. The second-order valence-corrected chi connectivity index (χ2v) is 13.9. The summed E-state index contributed by atoms with van der Waals surface area (Å²) in [6, 6.07) is 1.70. The molecule has 0 N–H and O–H groups in total. The zero-order chi connectivity index (χ0) is 25.1. The lowest BCUT2D eigenvalue weighted by molar-refractivity contribution is 0.121. The molecule has 0 amide bonds. The standard InChI is InChI=1S/C22H40N6O5Si/c1-21(2,3)17-14-32-19(23-17)28(20-24-18(15-33-20)22(4,5)6)13-16-12-27(26-25-16)10-11-34(29-7,30-8)31-9/h12,17-18H,10-11,13-15H2,1-9H3/t17-,18-/m1/s1. The summed E-state index contributed by atoms with van der Waals surface area (Å²) >= 11 is 0. The first-order chi connectivity index (χ1) is 15.9. The lowest BCUT2D eigenvalue weighted by Gasteiger charge is -2.23. The summed E-state index contributed by atoms with van der Waals surface area (Å²) in [5.41, 5.74) is 0.725. The van der Waals surface area contributed by atoms with Crippen LogP contribution in [0.3, 0.4) is 0 Å². The van der Waals surface area contributed by atoms with Crippen LogP contribution in [0.4, 0.5) is 0 Å². The number of aromatic nitrogens is 3. The average Bonchev–Trinajstić information content (AvgIpc) is 3.53. The fourth-order valence-corrected chi connectivity index (χ4v) is 5.23. The molecule has 0 saturated heterocycles. The van der Waals surface area contributed by atoms with Crippen LogP contribution in [0.25, 0.3) is 0 Å². The van der Waals surface area contributed by atoms with E-state index in [9.17, 15) is 0 Å². The SMILES string of the molecule is CO[Si](CCn1cc(CN(C2=N[C@@H](C(C)(C)C)CO2)C2=N[C@@H](C(C)(C)C)CO2)nn1)(OC)OC. The highest BCUT2D eigenvalue weighted by atomic mass is 28.4. The van der Waals surface area contributed by atoms with Crippen molar-refractivity contribution in [1.82, 2.24) is 19.9 Å². The van der Waals surface area contributed by atoms with E-state index in [0.717, 1.165) is 5.69 Å². The van der Waals surface area contributed by atoms with Crippen molar-refractivity contribution in [2.75, 3.05) is 34.5 Å².